The van der Waals surface area contributed by atoms with Gasteiger partial charge in [0.1, 0.15) is 0 Å². The van der Waals surface area contributed by atoms with Crippen LogP contribution in [0.5, 0.6) is 0 Å². The van der Waals surface area contributed by atoms with Crippen molar-refractivity contribution in [2.45, 2.75) is 0 Å². The summed E-state index contributed by atoms with van der Waals surface area (Å²) >= 11 is 0. The molecule has 0 fully saturated rings. The van der Waals surface area contributed by atoms with Crippen molar-refractivity contribution in [1.29, 1.82) is 0 Å². The largest absolute Gasteiger partial charge is 0.545 e. The SMILES string of the molecule is CS(=O)(=O)Nc1cc(C(=O)[O-])ccc1C(=O)[O-]. The number of rotatable bonds is 4. The number of nitrogens with one attached hydrogen (secondary N) is 1. The van der Waals surface area contributed by atoms with Crippen LogP contribution in [-0.4, -0.2) is 26.6 Å². The summed E-state index contributed by atoms with van der Waals surface area (Å²) in [4.78, 5) is 21.2. The molecule has 0 bridgehead atoms. The van der Waals surface area contributed by atoms with Crippen molar-refractivity contribution in [2.75, 3.05) is 11.0 Å². The Hall–Kier alpha value is -2.09. The smallest absolute Gasteiger partial charge is 0.229 e. The van der Waals surface area contributed by atoms with E-state index in [9.17, 15) is 28.2 Å². The van der Waals surface area contributed by atoms with E-state index in [1.54, 1.807) is 0 Å². The normalized spacial score (nSPS) is 10.9. The Kier molecular flexibility index (Phi) is 3.37. The van der Waals surface area contributed by atoms with Gasteiger partial charge in [-0.15, -0.1) is 0 Å². The third-order valence-corrected chi connectivity index (χ3v) is 2.36. The second kappa shape index (κ2) is 4.42. The second-order valence-corrected chi connectivity index (χ2v) is 4.96. The number of carbonyl (C=O) groups excluding carboxylic acids is 2. The molecular formula is C9H7NO6S-2. The second-order valence-electron chi connectivity index (χ2n) is 3.21. The van der Waals surface area contributed by atoms with E-state index in [1.165, 1.54) is 0 Å². The van der Waals surface area contributed by atoms with Crippen LogP contribution in [0.4, 0.5) is 5.69 Å². The van der Waals surface area contributed by atoms with E-state index < -0.39 is 27.5 Å². The van der Waals surface area contributed by atoms with Crippen molar-refractivity contribution < 1.29 is 28.2 Å². The quantitative estimate of drug-likeness (QED) is 0.651. The molecule has 8 heteroatoms. The van der Waals surface area contributed by atoms with Crippen LogP contribution in [0.3, 0.4) is 0 Å². The number of hydrogen-bond acceptors (Lipinski definition) is 6. The molecule has 92 valence electrons. The average molecular weight is 257 g/mol. The minimum Gasteiger partial charge on any atom is -0.545 e. The highest BCUT2D eigenvalue weighted by Gasteiger charge is 2.09. The lowest BCUT2D eigenvalue weighted by molar-refractivity contribution is -0.256. The number of benzene rings is 1. The van der Waals surface area contributed by atoms with Crippen molar-refractivity contribution in [2.24, 2.45) is 0 Å². The van der Waals surface area contributed by atoms with E-state index in [-0.39, 0.29) is 11.3 Å². The van der Waals surface area contributed by atoms with Gasteiger partial charge in [0.25, 0.3) is 0 Å². The Morgan fingerprint density at radius 1 is 1.18 bits per heavy atom. The molecule has 0 aliphatic heterocycles. The molecule has 1 rings (SSSR count). The fourth-order valence-corrected chi connectivity index (χ4v) is 1.70. The monoisotopic (exact) mass is 257 g/mol. The van der Waals surface area contributed by atoms with Gasteiger partial charge in [-0.25, -0.2) is 8.42 Å². The molecule has 1 aromatic rings. The molecule has 0 aliphatic rings. The first-order chi connectivity index (χ1) is 7.70. The maximum absolute atomic E-state index is 11.0. The Morgan fingerprint density at radius 3 is 2.18 bits per heavy atom. The van der Waals surface area contributed by atoms with Gasteiger partial charge in [-0.2, -0.15) is 0 Å². The highest BCUT2D eigenvalue weighted by atomic mass is 32.2. The summed E-state index contributed by atoms with van der Waals surface area (Å²) in [6.45, 7) is 0. The lowest BCUT2D eigenvalue weighted by atomic mass is 10.1. The summed E-state index contributed by atoms with van der Waals surface area (Å²) in [6.07, 6.45) is 0.803. The molecule has 0 atom stereocenters. The minimum absolute atomic E-state index is 0.346. The molecular weight excluding hydrogens is 250 g/mol. The third-order valence-electron chi connectivity index (χ3n) is 1.77. The maximum Gasteiger partial charge on any atom is 0.229 e. The van der Waals surface area contributed by atoms with Crippen LogP contribution < -0.4 is 14.9 Å². The van der Waals surface area contributed by atoms with E-state index in [0.717, 1.165) is 24.5 Å². The lowest BCUT2D eigenvalue weighted by Crippen LogP contribution is -2.26. The van der Waals surface area contributed by atoms with Crippen LogP contribution >= 0.6 is 0 Å². The molecule has 0 amide bonds. The first kappa shape index (κ1) is 13.0. The third kappa shape index (κ3) is 3.45. The Bertz CT molecular complexity index is 577. The topological polar surface area (TPSA) is 126 Å². The molecule has 0 radical (unpaired) electrons. The summed E-state index contributed by atoms with van der Waals surface area (Å²) in [5, 5.41) is 21.2. The van der Waals surface area contributed by atoms with Crippen LogP contribution in [0.25, 0.3) is 0 Å². The summed E-state index contributed by atoms with van der Waals surface area (Å²) in [6, 6.07) is 2.75. The zero-order chi connectivity index (χ0) is 13.2. The number of aromatic carboxylic acids is 2. The van der Waals surface area contributed by atoms with Crippen molar-refractivity contribution in [3.63, 3.8) is 0 Å². The fraction of sp³-hybridized carbons (Fsp3) is 0.111. The molecule has 0 saturated carbocycles. The van der Waals surface area contributed by atoms with E-state index >= 15 is 0 Å². The van der Waals surface area contributed by atoms with Gasteiger partial charge >= 0.3 is 0 Å². The van der Waals surface area contributed by atoms with Gasteiger partial charge in [0.05, 0.1) is 23.9 Å². The highest BCUT2D eigenvalue weighted by molar-refractivity contribution is 7.92. The number of sulfonamides is 1. The number of carbonyl (C=O) groups is 2. The van der Waals surface area contributed by atoms with Crippen LogP contribution in [-0.2, 0) is 10.0 Å². The number of carboxylic acid groups (broad SMARTS) is 2. The summed E-state index contributed by atoms with van der Waals surface area (Å²) in [5.41, 5.74) is -1.18. The molecule has 7 nitrogen and oxygen atoms in total. The van der Waals surface area contributed by atoms with Gasteiger partial charge in [0, 0.05) is 5.56 Å². The van der Waals surface area contributed by atoms with Gasteiger partial charge in [-0.05, 0) is 11.6 Å². The molecule has 0 spiro atoms. The molecule has 0 aromatic heterocycles. The van der Waals surface area contributed by atoms with Crippen LogP contribution in [0.1, 0.15) is 20.7 Å². The van der Waals surface area contributed by atoms with Gasteiger partial charge in [0.2, 0.25) is 10.0 Å². The molecule has 17 heavy (non-hydrogen) atoms. The predicted molar refractivity (Wildman–Crippen MR) is 53.6 cm³/mol. The van der Waals surface area contributed by atoms with Gasteiger partial charge in [-0.1, -0.05) is 12.1 Å². The summed E-state index contributed by atoms with van der Waals surface area (Å²) < 4.78 is 23.8. The van der Waals surface area contributed by atoms with Crippen LogP contribution in [0, 0.1) is 0 Å². The van der Waals surface area contributed by atoms with E-state index in [4.69, 9.17) is 0 Å². The number of anilines is 1. The number of carboxylic acids is 2. The Morgan fingerprint density at radius 2 is 1.76 bits per heavy atom. The molecule has 0 aliphatic carbocycles. The molecule has 1 N–H and O–H groups in total. The standard InChI is InChI=1S/C9H9NO6S/c1-17(15,16)10-7-4-5(8(11)12)2-3-6(7)9(13)14/h2-4,10H,1H3,(H,11,12)(H,13,14)/p-2. The fourth-order valence-electron chi connectivity index (χ4n) is 1.13. The van der Waals surface area contributed by atoms with E-state index in [1.807, 2.05) is 4.72 Å². The van der Waals surface area contributed by atoms with Crippen LogP contribution in [0.15, 0.2) is 18.2 Å². The Labute approximate surface area is 96.7 Å². The van der Waals surface area contributed by atoms with Gasteiger partial charge < -0.3 is 19.8 Å². The van der Waals surface area contributed by atoms with E-state index in [0.29, 0.717) is 0 Å². The maximum atomic E-state index is 11.0. The van der Waals surface area contributed by atoms with Gasteiger partial charge in [-0.3, -0.25) is 4.72 Å². The van der Waals surface area contributed by atoms with Crippen molar-refractivity contribution in [3.05, 3.63) is 29.3 Å². The zero-order valence-corrected chi connectivity index (χ0v) is 9.41. The summed E-state index contributed by atoms with van der Waals surface area (Å²) in [7, 11) is -3.73. The first-order valence-electron chi connectivity index (χ1n) is 4.25. The first-order valence-corrected chi connectivity index (χ1v) is 6.14. The lowest BCUT2D eigenvalue weighted by Gasteiger charge is -2.13. The van der Waals surface area contributed by atoms with Crippen molar-refractivity contribution >= 4 is 27.6 Å². The zero-order valence-electron chi connectivity index (χ0n) is 8.59. The predicted octanol–water partition coefficient (Wildman–Crippen LogP) is -2.21. The Balaban J connectivity index is 3.35. The highest BCUT2D eigenvalue weighted by Crippen LogP contribution is 2.18. The number of hydrogen-bond donors (Lipinski definition) is 1. The minimum atomic E-state index is -3.73. The summed E-state index contributed by atoms with van der Waals surface area (Å²) in [5.74, 6) is -3.17. The van der Waals surface area contributed by atoms with Gasteiger partial charge in [0.15, 0.2) is 0 Å². The van der Waals surface area contributed by atoms with Crippen molar-refractivity contribution in [3.8, 4) is 0 Å². The van der Waals surface area contributed by atoms with Crippen molar-refractivity contribution in [1.82, 2.24) is 0 Å². The van der Waals surface area contributed by atoms with Crippen LogP contribution in [0.2, 0.25) is 0 Å². The average Bonchev–Trinajstić information content (AvgIpc) is 2.14. The van der Waals surface area contributed by atoms with E-state index in [2.05, 4.69) is 0 Å². The molecule has 0 heterocycles. The molecule has 0 unspecified atom stereocenters. The molecule has 0 saturated heterocycles. The molecule has 1 aromatic carbocycles.